The molecule has 0 saturated heterocycles. The maximum atomic E-state index is 11.7. The number of urea groups is 1. The number of hydrogen-bond donors (Lipinski definition) is 3. The molecule has 0 bridgehead atoms. The van der Waals surface area contributed by atoms with Crippen LogP contribution in [0.15, 0.2) is 18.2 Å². The van der Waals surface area contributed by atoms with Crippen LogP contribution in [0.2, 0.25) is 0 Å². The standard InChI is InChI=1S/C16H23N3O4/c1-10(2)8-18-16(22)19-14(20)9-17-13-6-5-12(7-11(13)3)15(21)23-4/h5-7,10,17H,8-9H2,1-4H3,(H2,18,19,20,22). The van der Waals surface area contributed by atoms with E-state index in [4.69, 9.17) is 0 Å². The number of nitrogens with one attached hydrogen (secondary N) is 3. The highest BCUT2D eigenvalue weighted by atomic mass is 16.5. The van der Waals surface area contributed by atoms with Crippen LogP contribution < -0.4 is 16.0 Å². The number of methoxy groups -OCH3 is 1. The summed E-state index contributed by atoms with van der Waals surface area (Å²) in [6, 6.07) is 4.45. The summed E-state index contributed by atoms with van der Waals surface area (Å²) in [5.74, 6) is -0.549. The van der Waals surface area contributed by atoms with Crippen LogP contribution in [0.4, 0.5) is 10.5 Å². The van der Waals surface area contributed by atoms with Gasteiger partial charge < -0.3 is 15.4 Å². The summed E-state index contributed by atoms with van der Waals surface area (Å²) in [6.07, 6.45) is 0. The van der Waals surface area contributed by atoms with E-state index < -0.39 is 17.9 Å². The van der Waals surface area contributed by atoms with Gasteiger partial charge in [-0.25, -0.2) is 9.59 Å². The third-order valence-corrected chi connectivity index (χ3v) is 3.01. The first kappa shape index (κ1) is 18.5. The van der Waals surface area contributed by atoms with Crippen molar-refractivity contribution in [3.8, 4) is 0 Å². The van der Waals surface area contributed by atoms with Crippen molar-refractivity contribution in [2.45, 2.75) is 20.8 Å². The monoisotopic (exact) mass is 321 g/mol. The van der Waals surface area contributed by atoms with E-state index in [2.05, 4.69) is 20.7 Å². The molecule has 0 aliphatic heterocycles. The molecule has 0 atom stereocenters. The van der Waals surface area contributed by atoms with Gasteiger partial charge in [0, 0.05) is 12.2 Å². The minimum atomic E-state index is -0.511. The number of imide groups is 1. The van der Waals surface area contributed by atoms with Crippen molar-refractivity contribution in [3.05, 3.63) is 29.3 Å². The first-order chi connectivity index (χ1) is 10.8. The molecular weight excluding hydrogens is 298 g/mol. The van der Waals surface area contributed by atoms with E-state index in [0.29, 0.717) is 23.7 Å². The number of carbonyl (C=O) groups excluding carboxylic acids is 3. The van der Waals surface area contributed by atoms with Crippen molar-refractivity contribution in [2.24, 2.45) is 5.92 Å². The fourth-order valence-corrected chi connectivity index (χ4v) is 1.79. The van der Waals surface area contributed by atoms with Crippen LogP contribution in [0.5, 0.6) is 0 Å². The second-order valence-corrected chi connectivity index (χ2v) is 5.53. The lowest BCUT2D eigenvalue weighted by atomic mass is 10.1. The summed E-state index contributed by atoms with van der Waals surface area (Å²) in [4.78, 5) is 34.6. The lowest BCUT2D eigenvalue weighted by molar-refractivity contribution is -0.118. The van der Waals surface area contributed by atoms with E-state index in [1.165, 1.54) is 7.11 Å². The zero-order valence-electron chi connectivity index (χ0n) is 13.9. The number of carbonyl (C=O) groups is 3. The Bertz CT molecular complexity index is 585. The average molecular weight is 321 g/mol. The maximum Gasteiger partial charge on any atom is 0.337 e. The van der Waals surface area contributed by atoms with Gasteiger partial charge in [-0.3, -0.25) is 10.1 Å². The number of rotatable bonds is 6. The topological polar surface area (TPSA) is 96.5 Å². The van der Waals surface area contributed by atoms with Crippen molar-refractivity contribution >= 4 is 23.6 Å². The molecule has 7 nitrogen and oxygen atoms in total. The van der Waals surface area contributed by atoms with Gasteiger partial charge in [-0.2, -0.15) is 0 Å². The van der Waals surface area contributed by atoms with E-state index in [1.54, 1.807) is 18.2 Å². The molecule has 1 rings (SSSR count). The van der Waals surface area contributed by atoms with Crippen LogP contribution in [0, 0.1) is 12.8 Å². The summed E-state index contributed by atoms with van der Waals surface area (Å²) in [6.45, 7) is 6.19. The predicted molar refractivity (Wildman–Crippen MR) is 87.4 cm³/mol. The van der Waals surface area contributed by atoms with Crippen LogP contribution >= 0.6 is 0 Å². The van der Waals surface area contributed by atoms with E-state index in [1.807, 2.05) is 20.8 Å². The Hall–Kier alpha value is -2.57. The van der Waals surface area contributed by atoms with E-state index in [9.17, 15) is 14.4 Å². The average Bonchev–Trinajstić information content (AvgIpc) is 2.50. The number of aryl methyl sites for hydroxylation is 1. The molecule has 0 aromatic heterocycles. The summed E-state index contributed by atoms with van der Waals surface area (Å²) >= 11 is 0. The minimum absolute atomic E-state index is 0.0481. The van der Waals surface area contributed by atoms with Gasteiger partial charge in [0.25, 0.3) is 0 Å². The van der Waals surface area contributed by atoms with Crippen molar-refractivity contribution in [3.63, 3.8) is 0 Å². The van der Waals surface area contributed by atoms with Crippen molar-refractivity contribution in [1.82, 2.24) is 10.6 Å². The molecule has 126 valence electrons. The third-order valence-electron chi connectivity index (χ3n) is 3.01. The molecular formula is C16H23N3O4. The van der Waals surface area contributed by atoms with Crippen LogP contribution in [-0.4, -0.2) is 38.1 Å². The second kappa shape index (κ2) is 8.77. The van der Waals surface area contributed by atoms with Crippen LogP contribution in [-0.2, 0) is 9.53 Å². The number of esters is 1. The van der Waals surface area contributed by atoms with E-state index in [0.717, 1.165) is 5.56 Å². The number of anilines is 1. The molecule has 0 radical (unpaired) electrons. The Labute approximate surface area is 135 Å². The minimum Gasteiger partial charge on any atom is -0.465 e. The van der Waals surface area contributed by atoms with Gasteiger partial charge >= 0.3 is 12.0 Å². The summed E-state index contributed by atoms with van der Waals surface area (Å²) < 4.78 is 4.64. The van der Waals surface area contributed by atoms with Gasteiger partial charge in [-0.05, 0) is 36.6 Å². The predicted octanol–water partition coefficient (Wildman–Crippen LogP) is 1.68. The molecule has 23 heavy (non-hydrogen) atoms. The Morgan fingerprint density at radius 1 is 1.22 bits per heavy atom. The first-order valence-corrected chi connectivity index (χ1v) is 7.34. The maximum absolute atomic E-state index is 11.7. The normalized spacial score (nSPS) is 10.1. The van der Waals surface area contributed by atoms with Crippen LogP contribution in [0.3, 0.4) is 0 Å². The largest absolute Gasteiger partial charge is 0.465 e. The number of hydrogen-bond acceptors (Lipinski definition) is 5. The van der Waals surface area contributed by atoms with Crippen LogP contribution in [0.1, 0.15) is 29.8 Å². The third kappa shape index (κ3) is 6.37. The Morgan fingerprint density at radius 2 is 1.91 bits per heavy atom. The molecule has 0 aliphatic carbocycles. The highest BCUT2D eigenvalue weighted by molar-refractivity contribution is 5.96. The molecule has 7 heteroatoms. The summed E-state index contributed by atoms with van der Waals surface area (Å²) in [5, 5.41) is 7.76. The molecule has 0 unspecified atom stereocenters. The lowest BCUT2D eigenvalue weighted by Gasteiger charge is -2.11. The van der Waals surface area contributed by atoms with Crippen molar-refractivity contribution in [1.29, 1.82) is 0 Å². The van der Waals surface area contributed by atoms with E-state index >= 15 is 0 Å². The molecule has 0 heterocycles. The highest BCUT2D eigenvalue weighted by Crippen LogP contribution is 2.16. The summed E-state index contributed by atoms with van der Waals surface area (Å²) in [7, 11) is 1.32. The fraction of sp³-hybridized carbons (Fsp3) is 0.438. The zero-order valence-corrected chi connectivity index (χ0v) is 13.9. The lowest BCUT2D eigenvalue weighted by Crippen LogP contribution is -2.43. The van der Waals surface area contributed by atoms with Crippen LogP contribution in [0.25, 0.3) is 0 Å². The first-order valence-electron chi connectivity index (χ1n) is 7.34. The molecule has 0 saturated carbocycles. The second-order valence-electron chi connectivity index (χ2n) is 5.53. The number of ether oxygens (including phenoxy) is 1. The quantitative estimate of drug-likeness (QED) is 0.693. The van der Waals surface area contributed by atoms with Crippen molar-refractivity contribution < 1.29 is 19.1 Å². The molecule has 0 spiro atoms. The molecule has 0 aliphatic rings. The Kier molecular flexibility index (Phi) is 7.05. The number of amides is 3. The molecule has 1 aromatic rings. The molecule has 3 amide bonds. The zero-order chi connectivity index (χ0) is 17.4. The van der Waals surface area contributed by atoms with Gasteiger partial charge in [0.2, 0.25) is 5.91 Å². The van der Waals surface area contributed by atoms with Crippen molar-refractivity contribution in [2.75, 3.05) is 25.5 Å². The molecule has 3 N–H and O–H groups in total. The molecule has 0 fully saturated rings. The highest BCUT2D eigenvalue weighted by Gasteiger charge is 2.10. The Balaban J connectivity index is 2.50. The van der Waals surface area contributed by atoms with E-state index in [-0.39, 0.29) is 6.54 Å². The van der Waals surface area contributed by atoms with Gasteiger partial charge in [0.15, 0.2) is 0 Å². The van der Waals surface area contributed by atoms with Gasteiger partial charge in [0.1, 0.15) is 0 Å². The fourth-order valence-electron chi connectivity index (χ4n) is 1.79. The van der Waals surface area contributed by atoms with Gasteiger partial charge in [0.05, 0.1) is 19.2 Å². The van der Waals surface area contributed by atoms with Gasteiger partial charge in [-0.15, -0.1) is 0 Å². The number of benzene rings is 1. The van der Waals surface area contributed by atoms with Gasteiger partial charge in [-0.1, -0.05) is 13.8 Å². The summed E-state index contributed by atoms with van der Waals surface area (Å²) in [5.41, 5.74) is 1.94. The Morgan fingerprint density at radius 3 is 2.48 bits per heavy atom. The SMILES string of the molecule is COC(=O)c1ccc(NCC(=O)NC(=O)NCC(C)C)c(C)c1. The molecule has 1 aromatic carbocycles. The smallest absolute Gasteiger partial charge is 0.337 e.